The first-order chi connectivity index (χ1) is 68.2. The molecule has 4 N–H and O–H groups in total. The number of carbonyl (C=O) groups excluding carboxylic acids is 2. The lowest BCUT2D eigenvalue weighted by Gasteiger charge is -2.36. The van der Waals surface area contributed by atoms with Crippen LogP contribution in [0.4, 0.5) is 55.1 Å². The van der Waals surface area contributed by atoms with Crippen LogP contribution in [0.2, 0.25) is 0 Å². The molecule has 141 heavy (non-hydrogen) atoms. The van der Waals surface area contributed by atoms with Gasteiger partial charge in [-0.3, -0.25) is 38.7 Å². The highest BCUT2D eigenvalue weighted by molar-refractivity contribution is 5.88. The predicted octanol–water partition coefficient (Wildman–Crippen LogP) is 16.1. The Balaban J connectivity index is 0.000000143. The van der Waals surface area contributed by atoms with Crippen molar-refractivity contribution in [3.8, 4) is 91.0 Å². The van der Waals surface area contributed by atoms with Gasteiger partial charge in [-0.2, -0.15) is 20.4 Å². The zero-order valence-electron chi connectivity index (χ0n) is 82.1. The van der Waals surface area contributed by atoms with Gasteiger partial charge in [-0.1, -0.05) is 0 Å². The number of carbonyl (C=O) groups is 2. The maximum Gasteiger partial charge on any atom is 0.410 e. The van der Waals surface area contributed by atoms with Crippen molar-refractivity contribution in [1.82, 2.24) is 94.5 Å². The van der Waals surface area contributed by atoms with Crippen LogP contribution in [0.5, 0.6) is 46.0 Å². The number of aliphatic hydroxyl groups excluding tert-OH is 2. The van der Waals surface area contributed by atoms with Gasteiger partial charge in [0.1, 0.15) is 58.2 Å². The molecule has 1 atom stereocenters. The van der Waals surface area contributed by atoms with Gasteiger partial charge >= 0.3 is 12.2 Å². The molecule has 16 aromatic rings. The topological polar surface area (TPSA) is 382 Å². The van der Waals surface area contributed by atoms with Gasteiger partial charge in [0, 0.05) is 227 Å². The average Bonchev–Trinajstić information content (AvgIpc) is 1.79. The molecule has 0 saturated carbocycles. The summed E-state index contributed by atoms with van der Waals surface area (Å²) in [6.45, 7) is 11.1. The van der Waals surface area contributed by atoms with E-state index in [-0.39, 0.29) is 25.9 Å². The lowest BCUT2D eigenvalue weighted by Crippen LogP contribution is -2.43. The van der Waals surface area contributed by atoms with Crippen LogP contribution in [-0.2, 0) is 37.7 Å². The van der Waals surface area contributed by atoms with Gasteiger partial charge in [0.15, 0.2) is 0 Å². The molecule has 10 heterocycles. The first kappa shape index (κ1) is 99.5. The number of amides is 2. The van der Waals surface area contributed by atoms with Crippen LogP contribution in [0.3, 0.4) is 0 Å². The molecule has 2 aliphatic heterocycles. The van der Waals surface area contributed by atoms with Crippen molar-refractivity contribution in [2.45, 2.75) is 58.2 Å². The largest absolute Gasteiger partial charge is 0.497 e. The molecule has 0 aliphatic carbocycles. The third-order valence-corrected chi connectivity index (χ3v) is 23.9. The van der Waals surface area contributed by atoms with Crippen LogP contribution in [-0.4, -0.2) is 247 Å². The van der Waals surface area contributed by atoms with Crippen molar-refractivity contribution in [2.24, 2.45) is 40.0 Å². The first-order valence-electron chi connectivity index (χ1n) is 46.1. The van der Waals surface area contributed by atoms with Gasteiger partial charge in [0.25, 0.3) is 0 Å². The third-order valence-electron chi connectivity index (χ3n) is 23.9. The number of hydrogen-bond donors (Lipinski definition) is 4. The zero-order chi connectivity index (χ0) is 99.4. The molecule has 0 radical (unpaired) electrons. The fourth-order valence-corrected chi connectivity index (χ4v) is 16.5. The summed E-state index contributed by atoms with van der Waals surface area (Å²) in [6, 6.07) is 46.9. The van der Waals surface area contributed by atoms with Crippen molar-refractivity contribution in [1.29, 1.82) is 0 Å². The van der Waals surface area contributed by atoms with E-state index in [1.54, 1.807) is 131 Å². The number of likely N-dealkylation sites (tertiary alicyclic amines) is 1. The van der Waals surface area contributed by atoms with E-state index in [0.717, 1.165) is 187 Å². The Bertz CT molecular complexity index is 6880. The van der Waals surface area contributed by atoms with Crippen LogP contribution in [0.15, 0.2) is 220 Å². The van der Waals surface area contributed by atoms with Crippen LogP contribution >= 0.6 is 0 Å². The highest BCUT2D eigenvalue weighted by Crippen LogP contribution is 2.42. The zero-order valence-corrected chi connectivity index (χ0v) is 82.1. The number of piperidine rings is 2. The minimum atomic E-state index is -0.948. The number of fused-ring (bicyclic) bond motifs is 4. The number of hydrogen-bond acceptors (Lipinski definition) is 31. The first-order valence-corrected chi connectivity index (χ1v) is 46.1. The molecule has 2 aliphatic rings. The second-order valence-corrected chi connectivity index (χ2v) is 34.9. The summed E-state index contributed by atoms with van der Waals surface area (Å²) in [4.78, 5) is 72.3. The number of methoxy groups -OCH3 is 8. The van der Waals surface area contributed by atoms with Gasteiger partial charge in [-0.15, -0.1) is 0 Å². The van der Waals surface area contributed by atoms with Crippen molar-refractivity contribution >= 4 is 102 Å². The van der Waals surface area contributed by atoms with Crippen LogP contribution < -0.4 is 68.1 Å². The molecule has 37 heteroatoms. The number of nitrogens with zero attached hydrogens (tertiary/aromatic N) is 21. The SMILES string of the molecule is CNC(=O)OCCN(c1cc(OC)cc(OC)c1)c1ccc2ncc(-c3cnn(C)c3)nc2c1.COc1cc(OC)cc(N(CC(O)CO)c2ccc3ncc(-c4cnn(C)c4)nc3c2)c1.COc1cc(OC)cc(N(CC2CCN(C(=O)OC(C)(C)C)CC2)c2ccc3ncc(-c4cnn(C)c4)nc3c2)c1.COc1cc(OC)cc(N(CC2CCNCC2)c2ccc3ncc(-c4cnn(C)c4)nc3c2)c1. The van der Waals surface area contributed by atoms with Crippen LogP contribution in [0, 0.1) is 11.8 Å². The normalized spacial score (nSPS) is 12.9. The second-order valence-electron chi connectivity index (χ2n) is 34.9. The lowest BCUT2D eigenvalue weighted by molar-refractivity contribution is 0.0186. The molecule has 18 rings (SSSR count). The molecule has 8 aromatic carbocycles. The van der Waals surface area contributed by atoms with E-state index in [1.807, 2.05) is 192 Å². The van der Waals surface area contributed by atoms with Crippen LogP contribution in [0.25, 0.3) is 89.2 Å². The maximum atomic E-state index is 12.6. The van der Waals surface area contributed by atoms with E-state index in [0.29, 0.717) is 77.2 Å². The summed E-state index contributed by atoms with van der Waals surface area (Å²) >= 11 is 0. The highest BCUT2D eigenvalue weighted by atomic mass is 16.6. The molecule has 2 fully saturated rings. The smallest absolute Gasteiger partial charge is 0.410 e. The Kier molecular flexibility index (Phi) is 32.4. The quantitative estimate of drug-likeness (QED) is 0.0325. The van der Waals surface area contributed by atoms with E-state index in [1.165, 1.54) is 7.05 Å². The number of aryl methyl sites for hydroxylation is 4. The molecule has 734 valence electrons. The van der Waals surface area contributed by atoms with Crippen LogP contribution in [0.1, 0.15) is 46.5 Å². The van der Waals surface area contributed by atoms with Gasteiger partial charge in [-0.05, 0) is 144 Å². The van der Waals surface area contributed by atoms with Gasteiger partial charge < -0.3 is 92.7 Å². The lowest BCUT2D eigenvalue weighted by atomic mass is 9.95. The minimum absolute atomic E-state index is 0.161. The second kappa shape index (κ2) is 46.0. The Morgan fingerprint density at radius 1 is 0.404 bits per heavy atom. The molecule has 2 amide bonds. The summed E-state index contributed by atoms with van der Waals surface area (Å²) in [5.41, 5.74) is 19.6. The molecular weight excluding hydrogens is 1800 g/mol. The fraction of sp³-hybridized carbons (Fsp3) is 0.327. The number of ether oxygens (including phenoxy) is 10. The van der Waals surface area contributed by atoms with Crippen molar-refractivity contribution in [2.75, 3.05) is 149 Å². The Morgan fingerprint density at radius 3 is 0.993 bits per heavy atom. The number of alkyl carbamates (subject to hydrolysis) is 1. The summed E-state index contributed by atoms with van der Waals surface area (Å²) < 4.78 is 61.8. The molecule has 0 bridgehead atoms. The number of anilines is 8. The summed E-state index contributed by atoms with van der Waals surface area (Å²) in [7, 11) is 22.0. The predicted molar refractivity (Wildman–Crippen MR) is 543 cm³/mol. The summed E-state index contributed by atoms with van der Waals surface area (Å²) in [5.74, 6) is 6.42. The average molecular weight is 1920 g/mol. The number of nitrogens with one attached hydrogen (secondary N) is 2. The molecule has 8 aromatic heterocycles. The number of aliphatic hydroxyl groups is 2. The summed E-state index contributed by atoms with van der Waals surface area (Å²) in [5, 5.41) is 42.6. The molecule has 2 saturated heterocycles. The minimum Gasteiger partial charge on any atom is -0.497 e. The van der Waals surface area contributed by atoms with Crippen molar-refractivity contribution in [3.63, 3.8) is 0 Å². The molecular formula is C104H119N23O14. The van der Waals surface area contributed by atoms with Gasteiger partial charge in [0.05, 0.1) is 199 Å². The number of rotatable bonds is 30. The van der Waals surface area contributed by atoms with E-state index in [2.05, 4.69) is 97.2 Å². The standard InChI is InChI=1S/C31H38N6O4.C26H30N6O2.C24H26N6O4.C23H25N5O4/c1-31(2,3)41-30(38)36-11-9-21(10-12-36)19-37(24-13-25(39-5)16-26(14-24)40-6)23-7-8-27-28(15-23)34-29(18-32-27)22-17-33-35(4)20-22;1-31-17-19(14-29-31)26-15-28-24-5-4-20(12-25(24)30-26)32(16-18-6-8-27-9-7-18)21-10-22(33-2)13-23(11-21)34-3;1-25-24(31)34-8-7-30(18-9-19(32-3)12-20(10-18)33-4)17-5-6-21-22(11-17)28-23(14-26-21)16-13-27-29(2)15-16;1-27-12-15(10-25-27)23-11-24-21-5-4-16(8-22(21)26-23)28(13-18(30)14-29)17-6-19(31-2)9-20(7-17)32-3/h7-8,13-18,20-21H,9-12,19H2,1-6H3;4-5,10-15,17-18,27H,6-9,16H2,1-3H3;5-6,9-15H,7-8H2,1-4H3,(H,25,31);4-12,18,29-30H,13-14H2,1-3H3. The van der Waals surface area contributed by atoms with E-state index in [4.69, 9.17) is 67.3 Å². The third kappa shape index (κ3) is 25.5. The monoisotopic (exact) mass is 1910 g/mol. The van der Waals surface area contributed by atoms with Crippen molar-refractivity contribution in [3.05, 3.63) is 220 Å². The molecule has 37 nitrogen and oxygen atoms in total. The van der Waals surface area contributed by atoms with Gasteiger partial charge in [-0.25, -0.2) is 29.5 Å². The van der Waals surface area contributed by atoms with E-state index < -0.39 is 17.8 Å². The highest BCUT2D eigenvalue weighted by Gasteiger charge is 2.31. The number of aromatic nitrogens is 16. The molecule has 0 spiro atoms. The summed E-state index contributed by atoms with van der Waals surface area (Å²) in [6.07, 6.45) is 24.1. The van der Waals surface area contributed by atoms with E-state index in [9.17, 15) is 19.8 Å². The van der Waals surface area contributed by atoms with Gasteiger partial charge in [0.2, 0.25) is 0 Å². The van der Waals surface area contributed by atoms with E-state index >= 15 is 0 Å². The maximum absolute atomic E-state index is 12.6. The van der Waals surface area contributed by atoms with Crippen molar-refractivity contribution < 1.29 is 67.2 Å². The Hall–Kier alpha value is -16.0. The molecule has 1 unspecified atom stereocenters. The fourth-order valence-electron chi connectivity index (χ4n) is 16.5. The Labute approximate surface area is 817 Å². The number of benzene rings is 8. The Morgan fingerprint density at radius 2 is 0.702 bits per heavy atom.